The van der Waals surface area contributed by atoms with Gasteiger partial charge in [-0.05, 0) is 29.1 Å². The number of amides is 1. The summed E-state index contributed by atoms with van der Waals surface area (Å²) in [5.74, 6) is 0.127. The topological polar surface area (TPSA) is 45.7 Å². The molecule has 2 aliphatic heterocycles. The first-order valence-electron chi connectivity index (χ1n) is 7.88. The number of morpholine rings is 1. The van der Waals surface area contributed by atoms with Gasteiger partial charge in [0.25, 0.3) is 5.91 Å². The van der Waals surface area contributed by atoms with Crippen molar-refractivity contribution in [3.05, 3.63) is 52.5 Å². The van der Waals surface area contributed by atoms with Gasteiger partial charge in [-0.15, -0.1) is 11.3 Å². The zero-order chi connectivity index (χ0) is 15.6. The molecule has 2 saturated heterocycles. The Hall–Kier alpha value is -1.76. The van der Waals surface area contributed by atoms with E-state index >= 15 is 0 Å². The Kier molecular flexibility index (Phi) is 4.11. The van der Waals surface area contributed by atoms with Crippen molar-refractivity contribution in [2.24, 2.45) is 0 Å². The molecular formula is C17H19N3O2S. The van der Waals surface area contributed by atoms with Gasteiger partial charge in [0.15, 0.2) is 0 Å². The summed E-state index contributed by atoms with van der Waals surface area (Å²) in [6, 6.07) is 8.20. The molecule has 0 N–H and O–H groups in total. The molecule has 2 aliphatic rings. The lowest BCUT2D eigenvalue weighted by Crippen LogP contribution is -2.50. The third-order valence-electron chi connectivity index (χ3n) is 4.57. The summed E-state index contributed by atoms with van der Waals surface area (Å²) in [6.45, 7) is 3.95. The maximum atomic E-state index is 12.6. The molecule has 2 unspecified atom stereocenters. The fraction of sp³-hybridized carbons (Fsp3) is 0.412. The Morgan fingerprint density at radius 1 is 1.30 bits per heavy atom. The first-order valence-corrected chi connectivity index (χ1v) is 8.76. The van der Waals surface area contributed by atoms with Gasteiger partial charge in [0, 0.05) is 38.6 Å². The lowest BCUT2D eigenvalue weighted by Gasteiger charge is -2.36. The number of carbonyl (C=O) groups excluding carboxylic acids is 1. The highest BCUT2D eigenvalue weighted by Crippen LogP contribution is 2.26. The van der Waals surface area contributed by atoms with Crippen molar-refractivity contribution >= 4 is 17.2 Å². The minimum absolute atomic E-state index is 0.120. The van der Waals surface area contributed by atoms with Crippen molar-refractivity contribution in [1.29, 1.82) is 0 Å². The monoisotopic (exact) mass is 329 g/mol. The first-order chi connectivity index (χ1) is 11.3. The number of nitrogens with zero attached hydrogens (tertiary/aromatic N) is 3. The molecule has 0 saturated carbocycles. The predicted octanol–water partition coefficient (Wildman–Crippen LogP) is 1.87. The Bertz CT molecular complexity index is 662. The number of thiophene rings is 1. The van der Waals surface area contributed by atoms with Gasteiger partial charge >= 0.3 is 0 Å². The van der Waals surface area contributed by atoms with E-state index < -0.39 is 0 Å². The number of rotatable bonds is 3. The van der Waals surface area contributed by atoms with Gasteiger partial charge in [0.05, 0.1) is 23.6 Å². The molecule has 120 valence electrons. The van der Waals surface area contributed by atoms with Gasteiger partial charge in [-0.3, -0.25) is 14.7 Å². The van der Waals surface area contributed by atoms with E-state index in [2.05, 4.69) is 9.88 Å². The summed E-state index contributed by atoms with van der Waals surface area (Å²) in [4.78, 5) is 21.8. The molecule has 6 heteroatoms. The summed E-state index contributed by atoms with van der Waals surface area (Å²) in [6.07, 6.45) is 3.78. The van der Waals surface area contributed by atoms with Crippen molar-refractivity contribution in [3.8, 4) is 0 Å². The van der Waals surface area contributed by atoms with E-state index in [0.29, 0.717) is 6.54 Å². The Labute approximate surface area is 139 Å². The van der Waals surface area contributed by atoms with Gasteiger partial charge in [0.1, 0.15) is 0 Å². The summed E-state index contributed by atoms with van der Waals surface area (Å²) in [5.41, 5.74) is 1.25. The van der Waals surface area contributed by atoms with E-state index in [4.69, 9.17) is 4.74 Å². The molecule has 1 amide bonds. The molecule has 0 radical (unpaired) electrons. The van der Waals surface area contributed by atoms with Crippen LogP contribution in [0.2, 0.25) is 0 Å². The number of fused-ring (bicyclic) bond motifs is 1. The molecule has 2 aromatic heterocycles. The van der Waals surface area contributed by atoms with Crippen LogP contribution >= 0.6 is 11.3 Å². The normalized spacial score (nSPS) is 24.6. The molecule has 4 rings (SSSR count). The van der Waals surface area contributed by atoms with Gasteiger partial charge in [-0.2, -0.15) is 0 Å². The molecule has 23 heavy (non-hydrogen) atoms. The lowest BCUT2D eigenvalue weighted by molar-refractivity contribution is -0.0503. The first kappa shape index (κ1) is 14.8. The van der Waals surface area contributed by atoms with Crippen LogP contribution in [0.15, 0.2) is 42.0 Å². The second-order valence-corrected chi connectivity index (χ2v) is 6.94. The minimum Gasteiger partial charge on any atom is -0.373 e. The van der Waals surface area contributed by atoms with E-state index in [9.17, 15) is 4.79 Å². The average Bonchev–Trinajstić information content (AvgIpc) is 3.25. The molecule has 0 aromatic carbocycles. The molecule has 2 atom stereocenters. The van der Waals surface area contributed by atoms with Gasteiger partial charge in [-0.25, -0.2) is 0 Å². The van der Waals surface area contributed by atoms with E-state index in [1.165, 1.54) is 16.9 Å². The number of likely N-dealkylation sites (tertiary alicyclic amines) is 1. The van der Waals surface area contributed by atoms with E-state index in [1.807, 2.05) is 46.9 Å². The minimum atomic E-state index is 0.120. The molecule has 4 heterocycles. The van der Waals surface area contributed by atoms with Crippen molar-refractivity contribution < 1.29 is 9.53 Å². The highest BCUT2D eigenvalue weighted by atomic mass is 32.1. The standard InChI is InChI=1S/C17H19N3O2S/c21-17(16-2-1-9-23-16)20-11-14-15(12-20)22-8-7-19(14)10-13-3-5-18-6-4-13/h1-6,9,14-15H,7-8,10-12H2. The lowest BCUT2D eigenvalue weighted by atomic mass is 10.1. The quantitative estimate of drug-likeness (QED) is 0.862. The fourth-order valence-electron chi connectivity index (χ4n) is 3.40. The summed E-state index contributed by atoms with van der Waals surface area (Å²) < 4.78 is 5.92. The number of hydrogen-bond acceptors (Lipinski definition) is 5. The van der Waals surface area contributed by atoms with Crippen LogP contribution < -0.4 is 0 Å². The highest BCUT2D eigenvalue weighted by Gasteiger charge is 2.41. The summed E-state index contributed by atoms with van der Waals surface area (Å²) >= 11 is 1.50. The Morgan fingerprint density at radius 3 is 2.96 bits per heavy atom. The van der Waals surface area contributed by atoms with Crippen LogP contribution in [0.25, 0.3) is 0 Å². The van der Waals surface area contributed by atoms with E-state index in [1.54, 1.807) is 0 Å². The maximum absolute atomic E-state index is 12.6. The third-order valence-corrected chi connectivity index (χ3v) is 5.43. The van der Waals surface area contributed by atoms with Crippen molar-refractivity contribution in [2.45, 2.75) is 18.7 Å². The number of ether oxygens (including phenoxy) is 1. The molecule has 2 aromatic rings. The number of pyridine rings is 1. The highest BCUT2D eigenvalue weighted by molar-refractivity contribution is 7.12. The van der Waals surface area contributed by atoms with E-state index in [-0.39, 0.29) is 18.1 Å². The fourth-order valence-corrected chi connectivity index (χ4v) is 4.09. The maximum Gasteiger partial charge on any atom is 0.264 e. The van der Waals surface area contributed by atoms with Gasteiger partial charge in [-0.1, -0.05) is 6.07 Å². The SMILES string of the molecule is O=C(c1cccs1)N1CC2OCCN(Cc3ccncc3)C2C1. The van der Waals surface area contributed by atoms with Crippen LogP contribution in [-0.2, 0) is 11.3 Å². The summed E-state index contributed by atoms with van der Waals surface area (Å²) in [7, 11) is 0. The smallest absolute Gasteiger partial charge is 0.264 e. The summed E-state index contributed by atoms with van der Waals surface area (Å²) in [5, 5.41) is 1.95. The second-order valence-electron chi connectivity index (χ2n) is 5.99. The molecule has 0 aliphatic carbocycles. The van der Waals surface area contributed by atoms with Crippen LogP contribution in [0.1, 0.15) is 15.2 Å². The second kappa shape index (κ2) is 6.39. The van der Waals surface area contributed by atoms with Crippen molar-refractivity contribution in [1.82, 2.24) is 14.8 Å². The van der Waals surface area contributed by atoms with Gasteiger partial charge < -0.3 is 9.64 Å². The number of aromatic nitrogens is 1. The van der Waals surface area contributed by atoms with Gasteiger partial charge in [0.2, 0.25) is 0 Å². The zero-order valence-electron chi connectivity index (χ0n) is 12.8. The van der Waals surface area contributed by atoms with Crippen molar-refractivity contribution in [2.75, 3.05) is 26.2 Å². The number of hydrogen-bond donors (Lipinski definition) is 0. The number of carbonyl (C=O) groups is 1. The van der Waals surface area contributed by atoms with Crippen LogP contribution in [0.3, 0.4) is 0 Å². The molecule has 0 bridgehead atoms. The average molecular weight is 329 g/mol. The van der Waals surface area contributed by atoms with Crippen LogP contribution in [0.4, 0.5) is 0 Å². The molecule has 5 nitrogen and oxygen atoms in total. The molecule has 0 spiro atoms. The largest absolute Gasteiger partial charge is 0.373 e. The zero-order valence-corrected chi connectivity index (χ0v) is 13.6. The Balaban J connectivity index is 1.47. The predicted molar refractivity (Wildman–Crippen MR) is 88.4 cm³/mol. The Morgan fingerprint density at radius 2 is 2.17 bits per heavy atom. The van der Waals surface area contributed by atoms with Crippen LogP contribution in [0, 0.1) is 0 Å². The van der Waals surface area contributed by atoms with Crippen LogP contribution in [0.5, 0.6) is 0 Å². The molecule has 2 fully saturated rings. The molecular weight excluding hydrogens is 310 g/mol. The van der Waals surface area contributed by atoms with E-state index in [0.717, 1.165) is 31.1 Å². The third kappa shape index (κ3) is 3.02. The van der Waals surface area contributed by atoms with Crippen LogP contribution in [-0.4, -0.2) is 59.1 Å². The van der Waals surface area contributed by atoms with Crippen molar-refractivity contribution in [3.63, 3.8) is 0 Å².